The molecule has 2 aliphatic rings. The quantitative estimate of drug-likeness (QED) is 0.397. The van der Waals surface area contributed by atoms with E-state index in [2.05, 4.69) is 5.10 Å². The number of non-ortho nitro benzene ring substituents is 1. The zero-order valence-electron chi connectivity index (χ0n) is 19.0. The highest BCUT2D eigenvalue weighted by Gasteiger charge is 2.31. The number of nitro benzene ring substituents is 1. The van der Waals surface area contributed by atoms with E-state index < -0.39 is 14.9 Å². The molecule has 182 valence electrons. The van der Waals surface area contributed by atoms with E-state index in [0.29, 0.717) is 16.1 Å². The first kappa shape index (κ1) is 23.2. The fourth-order valence-corrected chi connectivity index (χ4v) is 6.11. The molecule has 5 rings (SSSR count). The summed E-state index contributed by atoms with van der Waals surface area (Å²) in [4.78, 5) is 25.3. The van der Waals surface area contributed by atoms with Crippen molar-refractivity contribution < 1.29 is 18.1 Å². The molecule has 0 radical (unpaired) electrons. The minimum atomic E-state index is -3.62. The van der Waals surface area contributed by atoms with Crippen LogP contribution in [0.3, 0.4) is 0 Å². The molecule has 1 aliphatic carbocycles. The van der Waals surface area contributed by atoms with Gasteiger partial charge in [0.2, 0.25) is 10.0 Å². The summed E-state index contributed by atoms with van der Waals surface area (Å²) in [5, 5.41) is 15.0. The molecule has 0 atom stereocenters. The number of aryl methyl sites for hydroxylation is 2. The predicted octanol–water partition coefficient (Wildman–Crippen LogP) is 2.81. The first-order valence-electron chi connectivity index (χ1n) is 11.5. The van der Waals surface area contributed by atoms with Crippen LogP contribution in [0, 0.1) is 10.1 Å². The van der Waals surface area contributed by atoms with Gasteiger partial charge in [0.1, 0.15) is 0 Å². The fourth-order valence-electron chi connectivity index (χ4n) is 4.63. The number of sulfonamides is 1. The molecule has 0 spiro atoms. The second-order valence-corrected chi connectivity index (χ2v) is 10.7. The van der Waals surface area contributed by atoms with Crippen LogP contribution < -0.4 is 0 Å². The summed E-state index contributed by atoms with van der Waals surface area (Å²) in [7, 11) is -3.62. The van der Waals surface area contributed by atoms with E-state index in [0.717, 1.165) is 31.2 Å². The van der Waals surface area contributed by atoms with Crippen molar-refractivity contribution in [2.75, 3.05) is 26.2 Å². The van der Waals surface area contributed by atoms with Gasteiger partial charge in [-0.2, -0.15) is 9.40 Å². The molecule has 35 heavy (non-hydrogen) atoms. The molecule has 0 bridgehead atoms. The van der Waals surface area contributed by atoms with Crippen molar-refractivity contribution in [2.45, 2.75) is 30.6 Å². The first-order chi connectivity index (χ1) is 16.8. The van der Waals surface area contributed by atoms with Crippen LogP contribution in [0.4, 0.5) is 5.69 Å². The van der Waals surface area contributed by atoms with Gasteiger partial charge in [0.15, 0.2) is 0 Å². The van der Waals surface area contributed by atoms with Gasteiger partial charge in [-0.25, -0.2) is 13.1 Å². The number of amides is 1. The van der Waals surface area contributed by atoms with Gasteiger partial charge in [0.25, 0.3) is 11.6 Å². The van der Waals surface area contributed by atoms with E-state index in [1.165, 1.54) is 32.9 Å². The van der Waals surface area contributed by atoms with Crippen LogP contribution in [0.5, 0.6) is 0 Å². The molecule has 1 saturated heterocycles. The molecule has 3 aromatic rings. The van der Waals surface area contributed by atoms with Crippen LogP contribution in [-0.2, 0) is 22.9 Å². The number of hydrogen-bond acceptors (Lipinski definition) is 6. The Hall–Kier alpha value is -3.57. The summed E-state index contributed by atoms with van der Waals surface area (Å²) in [6.07, 6.45) is 7.14. The number of carbonyl (C=O) groups excluding carboxylic acids is 1. The van der Waals surface area contributed by atoms with Crippen LogP contribution in [0.1, 0.15) is 34.3 Å². The number of carbonyl (C=O) groups is 1. The SMILES string of the molecule is O=C(c1cnn(-c2ccc([N+](=O)[O-])cc2)c1)N1CCN(S(=O)(=O)c2ccc3c(c2)CCCC3)CC1. The average Bonchev–Trinajstić information content (AvgIpc) is 3.38. The van der Waals surface area contributed by atoms with Crippen molar-refractivity contribution in [3.05, 3.63) is 81.7 Å². The van der Waals surface area contributed by atoms with Gasteiger partial charge in [-0.15, -0.1) is 0 Å². The Labute approximate surface area is 203 Å². The van der Waals surface area contributed by atoms with Crippen molar-refractivity contribution in [3.63, 3.8) is 0 Å². The normalized spacial score (nSPS) is 16.6. The molecule has 1 fully saturated rings. The van der Waals surface area contributed by atoms with Crippen molar-refractivity contribution in [1.82, 2.24) is 19.0 Å². The molecule has 0 saturated carbocycles. The molecule has 0 N–H and O–H groups in total. The highest BCUT2D eigenvalue weighted by molar-refractivity contribution is 7.89. The minimum absolute atomic E-state index is 0.0274. The largest absolute Gasteiger partial charge is 0.336 e. The van der Waals surface area contributed by atoms with Crippen LogP contribution in [0.15, 0.2) is 59.8 Å². The smallest absolute Gasteiger partial charge is 0.269 e. The topological polar surface area (TPSA) is 119 Å². The highest BCUT2D eigenvalue weighted by Crippen LogP contribution is 2.26. The van der Waals surface area contributed by atoms with Crippen molar-refractivity contribution in [2.24, 2.45) is 0 Å². The van der Waals surface area contributed by atoms with Gasteiger partial charge in [-0.05, 0) is 61.1 Å². The lowest BCUT2D eigenvalue weighted by molar-refractivity contribution is -0.384. The molecule has 11 heteroatoms. The Morgan fingerprint density at radius 2 is 1.63 bits per heavy atom. The molecule has 2 heterocycles. The maximum atomic E-state index is 13.2. The third-order valence-corrected chi connectivity index (χ3v) is 8.53. The number of fused-ring (bicyclic) bond motifs is 1. The number of rotatable bonds is 5. The fraction of sp³-hybridized carbons (Fsp3) is 0.333. The summed E-state index contributed by atoms with van der Waals surface area (Å²) in [6.45, 7) is 1.01. The molecule has 1 aliphatic heterocycles. The third kappa shape index (κ3) is 4.56. The van der Waals surface area contributed by atoms with E-state index in [1.807, 2.05) is 12.1 Å². The Kier molecular flexibility index (Phi) is 6.12. The maximum Gasteiger partial charge on any atom is 0.269 e. The molecule has 10 nitrogen and oxygen atoms in total. The van der Waals surface area contributed by atoms with Crippen LogP contribution in [0.2, 0.25) is 0 Å². The minimum Gasteiger partial charge on any atom is -0.336 e. The van der Waals surface area contributed by atoms with Gasteiger partial charge < -0.3 is 4.90 Å². The highest BCUT2D eigenvalue weighted by atomic mass is 32.2. The molecule has 1 aromatic heterocycles. The second kappa shape index (κ2) is 9.23. The molecule has 1 amide bonds. The third-order valence-electron chi connectivity index (χ3n) is 6.64. The monoisotopic (exact) mass is 495 g/mol. The number of piperazine rings is 1. The summed E-state index contributed by atoms with van der Waals surface area (Å²) < 4.78 is 29.4. The van der Waals surface area contributed by atoms with Gasteiger partial charge in [-0.3, -0.25) is 14.9 Å². The van der Waals surface area contributed by atoms with Crippen LogP contribution in [-0.4, -0.2) is 64.4 Å². The Bertz CT molecular complexity index is 1380. The van der Waals surface area contributed by atoms with E-state index in [9.17, 15) is 23.3 Å². The summed E-state index contributed by atoms with van der Waals surface area (Å²) in [6, 6.07) is 11.3. The van der Waals surface area contributed by atoms with E-state index in [1.54, 1.807) is 29.3 Å². The Balaban J connectivity index is 1.24. The number of aromatic nitrogens is 2. The van der Waals surface area contributed by atoms with Gasteiger partial charge in [0, 0.05) is 44.5 Å². The number of nitrogens with zero attached hydrogens (tertiary/aromatic N) is 5. The summed E-state index contributed by atoms with van der Waals surface area (Å²) >= 11 is 0. The Morgan fingerprint density at radius 1 is 0.943 bits per heavy atom. The number of nitro groups is 1. The van der Waals surface area contributed by atoms with E-state index in [4.69, 9.17) is 0 Å². The van der Waals surface area contributed by atoms with Crippen molar-refractivity contribution >= 4 is 21.6 Å². The first-order valence-corrected chi connectivity index (χ1v) is 13.0. The standard InChI is InChI=1S/C24H25N5O5S/c30-24(20-16-25-28(17-20)21-6-8-22(9-7-21)29(31)32)26-11-13-27(14-12-26)35(33,34)23-10-5-18-3-1-2-4-19(18)15-23/h5-10,15-17H,1-4,11-14H2. The molecule has 0 unspecified atom stereocenters. The summed E-state index contributed by atoms with van der Waals surface area (Å²) in [5.41, 5.74) is 3.29. The van der Waals surface area contributed by atoms with Crippen LogP contribution in [0.25, 0.3) is 5.69 Å². The summed E-state index contributed by atoms with van der Waals surface area (Å²) in [5.74, 6) is -0.232. The Morgan fingerprint density at radius 3 is 2.31 bits per heavy atom. The van der Waals surface area contributed by atoms with Crippen LogP contribution >= 0.6 is 0 Å². The van der Waals surface area contributed by atoms with E-state index in [-0.39, 0.29) is 37.8 Å². The molecule has 2 aromatic carbocycles. The number of hydrogen-bond donors (Lipinski definition) is 0. The van der Waals surface area contributed by atoms with E-state index >= 15 is 0 Å². The van der Waals surface area contributed by atoms with Crippen molar-refractivity contribution in [1.29, 1.82) is 0 Å². The average molecular weight is 496 g/mol. The lowest BCUT2D eigenvalue weighted by atomic mass is 9.92. The van der Waals surface area contributed by atoms with Gasteiger partial charge >= 0.3 is 0 Å². The zero-order chi connectivity index (χ0) is 24.6. The predicted molar refractivity (Wildman–Crippen MR) is 128 cm³/mol. The van der Waals surface area contributed by atoms with Gasteiger partial charge in [-0.1, -0.05) is 6.07 Å². The maximum absolute atomic E-state index is 13.2. The molecular weight excluding hydrogens is 470 g/mol. The number of benzene rings is 2. The van der Waals surface area contributed by atoms with Crippen molar-refractivity contribution in [3.8, 4) is 5.69 Å². The lowest BCUT2D eigenvalue weighted by Crippen LogP contribution is -2.50. The van der Waals surface area contributed by atoms with Gasteiger partial charge in [0.05, 0.1) is 27.3 Å². The molecular formula is C24H25N5O5S. The second-order valence-electron chi connectivity index (χ2n) is 8.78. The lowest BCUT2D eigenvalue weighted by Gasteiger charge is -2.34. The zero-order valence-corrected chi connectivity index (χ0v) is 19.9.